The Morgan fingerprint density at radius 2 is 1.76 bits per heavy atom. The molecule has 0 N–H and O–H groups in total. The average molecular weight is 557 g/mol. The van der Waals surface area contributed by atoms with Crippen LogP contribution in [0.15, 0.2) is 69.3 Å². The van der Waals surface area contributed by atoms with Gasteiger partial charge in [0.05, 0.1) is 21.3 Å². The van der Waals surface area contributed by atoms with Crippen LogP contribution in [-0.4, -0.2) is 11.6 Å². The number of aryl methyl sites for hydroxylation is 3. The zero-order valence-corrected chi connectivity index (χ0v) is 24.7. The lowest BCUT2D eigenvalue weighted by molar-refractivity contribution is -0.665. The normalized spacial score (nSPS) is 15.5. The molecular formula is C31H30N3OS3+. The molecule has 0 saturated carbocycles. The van der Waals surface area contributed by atoms with Crippen LogP contribution in [-0.2, 0) is 13.1 Å². The first-order chi connectivity index (χ1) is 18.4. The summed E-state index contributed by atoms with van der Waals surface area (Å²) in [5.41, 5.74) is 5.14. The van der Waals surface area contributed by atoms with Gasteiger partial charge < -0.3 is 4.90 Å². The molecule has 3 heterocycles. The highest BCUT2D eigenvalue weighted by Gasteiger charge is 2.23. The molecule has 1 aliphatic heterocycles. The molecule has 3 aromatic carbocycles. The van der Waals surface area contributed by atoms with Gasteiger partial charge in [-0.15, -0.1) is 11.3 Å². The van der Waals surface area contributed by atoms with Crippen LogP contribution < -0.4 is 24.2 Å². The van der Waals surface area contributed by atoms with Crippen molar-refractivity contribution in [1.82, 2.24) is 4.57 Å². The fourth-order valence-electron chi connectivity index (χ4n) is 5.04. The lowest BCUT2D eigenvalue weighted by Crippen LogP contribution is -2.35. The first kappa shape index (κ1) is 25.2. The van der Waals surface area contributed by atoms with Crippen LogP contribution in [0, 0.1) is 13.8 Å². The summed E-state index contributed by atoms with van der Waals surface area (Å²) in [5, 5.41) is 4.83. The standard InChI is InChI=1S/C31H30N3OS3/c1-6-33-23-13-12-21-10-8-9-11-22(21)30(23)38-28(33)18-29-34(7-2)31(35)25(36-29)14-15-27-32(5)24-16-19(3)20(4)17-26(24)37-27/h8-18H,6-7H2,1-5H3/q+1. The van der Waals surface area contributed by atoms with Gasteiger partial charge in [-0.3, -0.25) is 9.36 Å². The van der Waals surface area contributed by atoms with Gasteiger partial charge in [-0.25, -0.2) is 0 Å². The molecule has 0 radical (unpaired) electrons. The van der Waals surface area contributed by atoms with Crippen LogP contribution in [0.2, 0.25) is 0 Å². The molecule has 0 bridgehead atoms. The summed E-state index contributed by atoms with van der Waals surface area (Å²) < 4.78 is 7.29. The van der Waals surface area contributed by atoms with Crippen molar-refractivity contribution in [2.45, 2.75) is 45.7 Å². The van der Waals surface area contributed by atoms with E-state index in [2.05, 4.69) is 98.0 Å². The van der Waals surface area contributed by atoms with E-state index in [0.717, 1.165) is 20.8 Å². The Hall–Kier alpha value is -3.13. The second kappa shape index (κ2) is 9.88. The molecule has 0 saturated heterocycles. The van der Waals surface area contributed by atoms with Gasteiger partial charge in [0.15, 0.2) is 0 Å². The number of rotatable bonds is 4. The number of allylic oxidation sites excluding steroid dienone is 1. The Kier molecular flexibility index (Phi) is 6.54. The minimum atomic E-state index is 0.0741. The Bertz CT molecular complexity index is 1940. The molecule has 5 aromatic rings. The smallest absolute Gasteiger partial charge is 0.269 e. The summed E-state index contributed by atoms with van der Waals surface area (Å²) in [6.45, 7) is 10.1. The van der Waals surface area contributed by atoms with Crippen LogP contribution in [0.3, 0.4) is 0 Å². The Morgan fingerprint density at radius 1 is 0.974 bits per heavy atom. The predicted molar refractivity (Wildman–Crippen MR) is 165 cm³/mol. The van der Waals surface area contributed by atoms with Crippen molar-refractivity contribution in [2.24, 2.45) is 0 Å². The van der Waals surface area contributed by atoms with Crippen LogP contribution in [0.4, 0.5) is 5.69 Å². The van der Waals surface area contributed by atoms with Crippen molar-refractivity contribution in [1.29, 1.82) is 0 Å². The topological polar surface area (TPSA) is 29.1 Å². The highest BCUT2D eigenvalue weighted by atomic mass is 32.2. The quantitative estimate of drug-likeness (QED) is 0.258. The van der Waals surface area contributed by atoms with E-state index in [0.29, 0.717) is 6.54 Å². The number of anilines is 1. The second-order valence-corrected chi connectivity index (χ2v) is 12.7. The summed E-state index contributed by atoms with van der Waals surface area (Å²) >= 11 is 5.14. The summed E-state index contributed by atoms with van der Waals surface area (Å²) in [6, 6.07) is 17.5. The summed E-state index contributed by atoms with van der Waals surface area (Å²) in [5.74, 6) is 0. The number of thiazole rings is 2. The van der Waals surface area contributed by atoms with E-state index in [9.17, 15) is 4.79 Å². The number of hydrogen-bond acceptors (Lipinski definition) is 5. The average Bonchev–Trinajstić information content (AvgIpc) is 3.53. The third-order valence-electron chi connectivity index (χ3n) is 7.30. The van der Waals surface area contributed by atoms with Crippen molar-refractivity contribution in [3.8, 4) is 0 Å². The lowest BCUT2D eigenvalue weighted by atomic mass is 10.1. The van der Waals surface area contributed by atoms with Gasteiger partial charge in [0, 0.05) is 29.9 Å². The molecular weight excluding hydrogens is 527 g/mol. The van der Waals surface area contributed by atoms with Gasteiger partial charge in [0.25, 0.3) is 10.6 Å². The Balaban J connectivity index is 1.46. The Labute approximate surface area is 234 Å². The molecule has 0 amide bonds. The molecule has 0 atom stereocenters. The number of aromatic nitrogens is 2. The molecule has 7 heteroatoms. The van der Waals surface area contributed by atoms with Gasteiger partial charge in [-0.05, 0) is 74.6 Å². The molecule has 0 spiro atoms. The predicted octanol–water partition coefficient (Wildman–Crippen LogP) is 5.91. The fourth-order valence-corrected chi connectivity index (χ4v) is 8.59. The Morgan fingerprint density at radius 3 is 2.55 bits per heavy atom. The number of fused-ring (bicyclic) bond motifs is 4. The highest BCUT2D eigenvalue weighted by Crippen LogP contribution is 2.46. The van der Waals surface area contributed by atoms with Crippen molar-refractivity contribution < 1.29 is 4.57 Å². The first-order valence-corrected chi connectivity index (χ1v) is 15.3. The van der Waals surface area contributed by atoms with E-state index in [1.807, 2.05) is 17.6 Å². The molecule has 38 heavy (non-hydrogen) atoms. The van der Waals surface area contributed by atoms with Crippen LogP contribution in [0.25, 0.3) is 33.1 Å². The molecule has 0 aliphatic carbocycles. The van der Waals surface area contributed by atoms with E-state index in [1.165, 1.54) is 47.7 Å². The van der Waals surface area contributed by atoms with E-state index < -0.39 is 0 Å². The number of thioether (sulfide) groups is 1. The number of benzene rings is 3. The molecule has 6 rings (SSSR count). The summed E-state index contributed by atoms with van der Waals surface area (Å²) in [7, 11) is 2.10. The van der Waals surface area contributed by atoms with E-state index in [4.69, 9.17) is 0 Å². The van der Waals surface area contributed by atoms with Crippen molar-refractivity contribution >= 4 is 73.3 Å². The van der Waals surface area contributed by atoms with Gasteiger partial charge in [-0.2, -0.15) is 4.57 Å². The van der Waals surface area contributed by atoms with E-state index in [1.54, 1.807) is 34.4 Å². The van der Waals surface area contributed by atoms with Crippen LogP contribution in [0.5, 0.6) is 0 Å². The maximum atomic E-state index is 13.4. The van der Waals surface area contributed by atoms with Crippen LogP contribution in [0.1, 0.15) is 30.0 Å². The molecule has 192 valence electrons. The third-order valence-corrected chi connectivity index (χ3v) is 10.7. The van der Waals surface area contributed by atoms with Gasteiger partial charge in [0.1, 0.15) is 15.9 Å². The monoisotopic (exact) mass is 556 g/mol. The fraction of sp³-hybridized carbons (Fsp3) is 0.226. The lowest BCUT2D eigenvalue weighted by Gasteiger charge is -2.13. The van der Waals surface area contributed by atoms with Gasteiger partial charge >= 0.3 is 0 Å². The summed E-state index contributed by atoms with van der Waals surface area (Å²) in [6.07, 6.45) is 6.28. The zero-order chi connectivity index (χ0) is 26.6. The first-order valence-electron chi connectivity index (χ1n) is 12.9. The molecule has 0 unspecified atom stereocenters. The largest absolute Gasteiger partial charge is 0.338 e. The zero-order valence-electron chi connectivity index (χ0n) is 22.2. The molecule has 4 nitrogen and oxygen atoms in total. The second-order valence-electron chi connectivity index (χ2n) is 9.55. The summed E-state index contributed by atoms with van der Waals surface area (Å²) in [4.78, 5) is 16.9. The number of nitrogens with zero attached hydrogens (tertiary/aromatic N) is 3. The van der Waals surface area contributed by atoms with Crippen molar-refractivity contribution in [2.75, 3.05) is 11.9 Å². The van der Waals surface area contributed by atoms with Crippen molar-refractivity contribution in [3.05, 3.63) is 95.3 Å². The van der Waals surface area contributed by atoms with E-state index >= 15 is 0 Å². The van der Waals surface area contributed by atoms with E-state index in [-0.39, 0.29) is 5.56 Å². The molecule has 2 aromatic heterocycles. The maximum Gasteiger partial charge on any atom is 0.269 e. The van der Waals surface area contributed by atoms with Gasteiger partial charge in [-0.1, -0.05) is 47.4 Å². The van der Waals surface area contributed by atoms with Crippen LogP contribution >= 0.6 is 34.4 Å². The third kappa shape index (κ3) is 4.13. The van der Waals surface area contributed by atoms with Crippen molar-refractivity contribution in [3.63, 3.8) is 0 Å². The highest BCUT2D eigenvalue weighted by molar-refractivity contribution is 8.03. The maximum absolute atomic E-state index is 13.4. The van der Waals surface area contributed by atoms with Gasteiger partial charge in [0.2, 0.25) is 5.52 Å². The molecule has 1 aliphatic rings. The molecule has 0 fully saturated rings. The minimum Gasteiger partial charge on any atom is -0.338 e. The minimum absolute atomic E-state index is 0.0741. The SMILES string of the molecule is CCn1c(=Cc2sc3c4ccccc4ccc3[n+]2CC)sc(=CC=C2Sc3cc(C)c(C)cc3N2C)c1=O. The number of hydrogen-bond donors (Lipinski definition) is 0.